The molecule has 2 fully saturated rings. The molecule has 1 spiro atoms. The van der Waals surface area contributed by atoms with Crippen molar-refractivity contribution in [2.24, 2.45) is 0 Å². The molecule has 3 rings (SSSR count). The number of hydrogen-bond donors (Lipinski definition) is 2. The fraction of sp³-hybridized carbons (Fsp3) is 0.571. The van der Waals surface area contributed by atoms with Crippen molar-refractivity contribution in [3.05, 3.63) is 22.7 Å². The van der Waals surface area contributed by atoms with Crippen LogP contribution in [-0.2, 0) is 4.79 Å². The molecule has 0 bridgehead atoms. The van der Waals surface area contributed by atoms with Gasteiger partial charge in [0.2, 0.25) is 5.91 Å². The highest BCUT2D eigenvalue weighted by Crippen LogP contribution is 2.39. The number of hydrogen-bond acceptors (Lipinski definition) is 4. The zero-order valence-corrected chi connectivity index (χ0v) is 12.5. The molecule has 1 saturated carbocycles. The fourth-order valence-corrected chi connectivity index (χ4v) is 3.24. The van der Waals surface area contributed by atoms with Crippen LogP contribution in [-0.4, -0.2) is 33.4 Å². The average Bonchev–Trinajstić information content (AvgIpc) is 2.41. The second kappa shape index (κ2) is 5.26. The Morgan fingerprint density at radius 2 is 2.29 bits per heavy atom. The van der Waals surface area contributed by atoms with E-state index in [1.165, 1.54) is 6.20 Å². The maximum Gasteiger partial charge on any atom is 0.271 e. The third-order valence-corrected chi connectivity index (χ3v) is 4.62. The Morgan fingerprint density at radius 1 is 1.52 bits per heavy atom. The lowest BCUT2D eigenvalue weighted by Gasteiger charge is -2.50. The Morgan fingerprint density at radius 3 is 2.95 bits per heavy atom. The Bertz CT molecular complexity index is 601. The maximum atomic E-state index is 12.4. The number of halogens is 1. The van der Waals surface area contributed by atoms with Crippen LogP contribution < -0.4 is 10.6 Å². The third-order valence-electron chi connectivity index (χ3n) is 4.35. The molecule has 7 heteroatoms. The van der Waals surface area contributed by atoms with Crippen molar-refractivity contribution < 1.29 is 9.59 Å². The predicted molar refractivity (Wildman–Crippen MR) is 77.0 cm³/mol. The van der Waals surface area contributed by atoms with E-state index in [-0.39, 0.29) is 34.1 Å². The first-order valence-corrected chi connectivity index (χ1v) is 7.49. The van der Waals surface area contributed by atoms with Gasteiger partial charge in [0.15, 0.2) is 0 Å². The zero-order valence-electron chi connectivity index (χ0n) is 11.8. The zero-order chi connectivity index (χ0) is 15.0. The standard InChI is InChI=1S/C14H17ClN4O2/c1-8-16-7-9(15)12(17-8)13(21)18-10-3-4-11(20)19-14(10)5-2-6-14/h7,10H,2-6H2,1H3,(H,18,21)(H,19,20). The van der Waals surface area contributed by atoms with Crippen LogP contribution in [0.25, 0.3) is 0 Å². The molecule has 2 heterocycles. The molecule has 2 N–H and O–H groups in total. The van der Waals surface area contributed by atoms with Gasteiger partial charge in [-0.1, -0.05) is 11.6 Å². The molecule has 1 aromatic rings. The van der Waals surface area contributed by atoms with Gasteiger partial charge in [-0.25, -0.2) is 9.97 Å². The Balaban J connectivity index is 1.77. The van der Waals surface area contributed by atoms with Crippen LogP contribution in [0.2, 0.25) is 5.02 Å². The van der Waals surface area contributed by atoms with Crippen LogP contribution in [0, 0.1) is 6.92 Å². The highest BCUT2D eigenvalue weighted by molar-refractivity contribution is 6.33. The number of rotatable bonds is 2. The topological polar surface area (TPSA) is 84.0 Å². The number of piperidine rings is 1. The van der Waals surface area contributed by atoms with Gasteiger partial charge in [-0.15, -0.1) is 0 Å². The molecule has 6 nitrogen and oxygen atoms in total. The predicted octanol–water partition coefficient (Wildman–Crippen LogP) is 1.37. The summed E-state index contributed by atoms with van der Waals surface area (Å²) in [7, 11) is 0. The summed E-state index contributed by atoms with van der Waals surface area (Å²) in [6.07, 6.45) is 5.39. The number of nitrogens with one attached hydrogen (secondary N) is 2. The number of carbonyl (C=O) groups is 2. The van der Waals surface area contributed by atoms with Crippen LogP contribution >= 0.6 is 11.6 Å². The van der Waals surface area contributed by atoms with E-state index in [4.69, 9.17) is 11.6 Å². The summed E-state index contributed by atoms with van der Waals surface area (Å²) in [5.41, 5.74) is -0.0879. The summed E-state index contributed by atoms with van der Waals surface area (Å²) in [5, 5.41) is 6.27. The van der Waals surface area contributed by atoms with E-state index in [1.807, 2.05) is 0 Å². The highest BCUT2D eigenvalue weighted by Gasteiger charge is 2.48. The van der Waals surface area contributed by atoms with Crippen LogP contribution in [0.5, 0.6) is 0 Å². The third kappa shape index (κ3) is 2.60. The van der Waals surface area contributed by atoms with Gasteiger partial charge < -0.3 is 10.6 Å². The SMILES string of the molecule is Cc1ncc(Cl)c(C(=O)NC2CCC(=O)NC23CCC3)n1. The van der Waals surface area contributed by atoms with Crippen molar-refractivity contribution >= 4 is 23.4 Å². The average molecular weight is 309 g/mol. The van der Waals surface area contributed by atoms with Gasteiger partial charge in [0.1, 0.15) is 11.5 Å². The number of amides is 2. The van der Waals surface area contributed by atoms with Gasteiger partial charge in [0.25, 0.3) is 5.91 Å². The van der Waals surface area contributed by atoms with Crippen molar-refractivity contribution in [3.8, 4) is 0 Å². The summed E-state index contributed by atoms with van der Waals surface area (Å²) in [5.74, 6) is 0.258. The number of aryl methyl sites for hydroxylation is 1. The monoisotopic (exact) mass is 308 g/mol. The van der Waals surface area contributed by atoms with Gasteiger partial charge in [-0.3, -0.25) is 9.59 Å². The van der Waals surface area contributed by atoms with Gasteiger partial charge in [0.05, 0.1) is 22.8 Å². The minimum atomic E-state index is -0.307. The lowest BCUT2D eigenvalue weighted by molar-refractivity contribution is -0.127. The first-order chi connectivity index (χ1) is 10.00. The van der Waals surface area contributed by atoms with E-state index in [1.54, 1.807) is 6.92 Å². The molecular formula is C14H17ClN4O2. The highest BCUT2D eigenvalue weighted by atomic mass is 35.5. The number of carbonyl (C=O) groups excluding carboxylic acids is 2. The van der Waals surface area contributed by atoms with Crippen molar-refractivity contribution in [3.63, 3.8) is 0 Å². The van der Waals surface area contributed by atoms with Gasteiger partial charge in [0, 0.05) is 6.42 Å². The van der Waals surface area contributed by atoms with Gasteiger partial charge >= 0.3 is 0 Å². The van der Waals surface area contributed by atoms with Crippen LogP contribution in [0.3, 0.4) is 0 Å². The molecule has 1 atom stereocenters. The van der Waals surface area contributed by atoms with E-state index in [9.17, 15) is 9.59 Å². The summed E-state index contributed by atoms with van der Waals surface area (Å²) in [6, 6.07) is -0.0669. The Labute approximate surface area is 127 Å². The summed E-state index contributed by atoms with van der Waals surface area (Å²) in [4.78, 5) is 32.1. The second-order valence-electron chi connectivity index (χ2n) is 5.74. The lowest BCUT2D eigenvalue weighted by atomic mass is 9.68. The van der Waals surface area contributed by atoms with E-state index in [0.717, 1.165) is 19.3 Å². The molecule has 1 aliphatic carbocycles. The lowest BCUT2D eigenvalue weighted by Crippen LogP contribution is -2.68. The van der Waals surface area contributed by atoms with Gasteiger partial charge in [-0.05, 0) is 32.6 Å². The molecule has 0 radical (unpaired) electrons. The smallest absolute Gasteiger partial charge is 0.271 e. The second-order valence-corrected chi connectivity index (χ2v) is 6.14. The molecule has 1 saturated heterocycles. The van der Waals surface area contributed by atoms with Crippen LogP contribution in [0.15, 0.2) is 6.20 Å². The van der Waals surface area contributed by atoms with E-state index < -0.39 is 0 Å². The minimum Gasteiger partial charge on any atom is -0.349 e. The van der Waals surface area contributed by atoms with Crippen LogP contribution in [0.4, 0.5) is 0 Å². The molecule has 0 aromatic carbocycles. The number of nitrogens with zero attached hydrogens (tertiary/aromatic N) is 2. The molecule has 112 valence electrons. The van der Waals surface area contributed by atoms with Crippen molar-refractivity contribution in [2.75, 3.05) is 0 Å². The molecule has 1 aromatic heterocycles. The first kappa shape index (κ1) is 14.3. The molecule has 2 aliphatic rings. The van der Waals surface area contributed by atoms with E-state index in [2.05, 4.69) is 20.6 Å². The van der Waals surface area contributed by atoms with Gasteiger partial charge in [-0.2, -0.15) is 0 Å². The van der Waals surface area contributed by atoms with Crippen LogP contribution in [0.1, 0.15) is 48.4 Å². The Kier molecular flexibility index (Phi) is 3.57. The molecule has 1 aliphatic heterocycles. The largest absolute Gasteiger partial charge is 0.349 e. The van der Waals surface area contributed by atoms with E-state index >= 15 is 0 Å². The minimum absolute atomic E-state index is 0.0658. The molecular weight excluding hydrogens is 292 g/mol. The quantitative estimate of drug-likeness (QED) is 0.864. The normalized spacial score (nSPS) is 23.3. The first-order valence-electron chi connectivity index (χ1n) is 7.11. The molecule has 2 amide bonds. The van der Waals surface area contributed by atoms with Crippen molar-refractivity contribution in [1.82, 2.24) is 20.6 Å². The summed E-state index contributed by atoms with van der Waals surface area (Å²) < 4.78 is 0. The van der Waals surface area contributed by atoms with Crippen molar-refractivity contribution in [2.45, 2.75) is 50.6 Å². The molecule has 21 heavy (non-hydrogen) atoms. The summed E-state index contributed by atoms with van der Waals surface area (Å²) in [6.45, 7) is 1.71. The fourth-order valence-electron chi connectivity index (χ4n) is 3.06. The summed E-state index contributed by atoms with van der Waals surface area (Å²) >= 11 is 6.00. The number of aromatic nitrogens is 2. The van der Waals surface area contributed by atoms with Crippen molar-refractivity contribution in [1.29, 1.82) is 0 Å². The van der Waals surface area contributed by atoms with E-state index in [0.29, 0.717) is 18.7 Å². The molecule has 1 unspecified atom stereocenters. The Hall–Kier alpha value is -1.69. The maximum absolute atomic E-state index is 12.4.